The molecule has 0 radical (unpaired) electrons. The molecule has 0 unspecified atom stereocenters. The van der Waals surface area contributed by atoms with E-state index in [9.17, 15) is 10.2 Å². The van der Waals surface area contributed by atoms with E-state index in [2.05, 4.69) is 35.8 Å². The van der Waals surface area contributed by atoms with Gasteiger partial charge in [-0.2, -0.15) is 0 Å². The smallest absolute Gasteiger partial charge is 0.115 e. The summed E-state index contributed by atoms with van der Waals surface area (Å²) in [5, 5.41) is 20.2. The van der Waals surface area contributed by atoms with Crippen LogP contribution in [0.3, 0.4) is 0 Å². The Bertz CT molecular complexity index is 914. The maximum Gasteiger partial charge on any atom is 0.115 e. The molecule has 0 saturated carbocycles. The van der Waals surface area contributed by atoms with E-state index in [4.69, 9.17) is 0 Å². The van der Waals surface area contributed by atoms with Gasteiger partial charge in [-0.3, -0.25) is 0 Å². The van der Waals surface area contributed by atoms with Gasteiger partial charge in [-0.05, 0) is 113 Å². The molecular formula is C34H52N2O2. The van der Waals surface area contributed by atoms with Crippen LogP contribution < -0.4 is 0 Å². The Kier molecular flexibility index (Phi) is 10.6. The molecule has 2 aliphatic heterocycles. The first-order valence-corrected chi connectivity index (χ1v) is 15.5. The van der Waals surface area contributed by atoms with Crippen LogP contribution in [0.25, 0.3) is 0 Å². The molecule has 0 amide bonds. The molecule has 2 saturated heterocycles. The standard InChI is InChI=1S/C34H52N2O2/c1-3-33(29-15-13-17-31(37)25-29)19-7-11-23-35(27-33)21-9-5-6-10-22-36-24-12-8-20-34(4-2,28-36)30-16-14-18-32(38)26-30/h13-18,25-26,37-38H,3-12,19-24,27-28H2,1-2H3/t33-,34-/m1/s1. The maximum atomic E-state index is 10.1. The molecule has 2 aromatic carbocycles. The van der Waals surface area contributed by atoms with E-state index >= 15 is 0 Å². The summed E-state index contributed by atoms with van der Waals surface area (Å²) in [5.74, 6) is 0.794. The van der Waals surface area contributed by atoms with Crippen LogP contribution in [0.15, 0.2) is 48.5 Å². The van der Waals surface area contributed by atoms with Crippen LogP contribution in [0.4, 0.5) is 0 Å². The Labute approximate surface area is 232 Å². The number of aromatic hydroxyl groups is 2. The molecular weight excluding hydrogens is 468 g/mol. The molecule has 0 aromatic heterocycles. The van der Waals surface area contributed by atoms with Crippen LogP contribution in [-0.2, 0) is 10.8 Å². The van der Waals surface area contributed by atoms with E-state index in [1.54, 1.807) is 12.1 Å². The minimum absolute atomic E-state index is 0.170. The van der Waals surface area contributed by atoms with E-state index < -0.39 is 0 Å². The summed E-state index contributed by atoms with van der Waals surface area (Å²) in [4.78, 5) is 5.42. The van der Waals surface area contributed by atoms with E-state index in [1.165, 1.54) is 102 Å². The van der Waals surface area contributed by atoms with Crippen molar-refractivity contribution < 1.29 is 10.2 Å². The predicted octanol–water partition coefficient (Wildman–Crippen LogP) is 7.63. The first-order valence-electron chi connectivity index (χ1n) is 15.5. The molecule has 2 fully saturated rings. The highest BCUT2D eigenvalue weighted by molar-refractivity contribution is 5.34. The van der Waals surface area contributed by atoms with Gasteiger partial charge in [-0.15, -0.1) is 0 Å². The topological polar surface area (TPSA) is 46.9 Å². The van der Waals surface area contributed by atoms with Crippen molar-refractivity contribution in [2.45, 2.75) is 102 Å². The fourth-order valence-electron chi connectivity index (χ4n) is 7.30. The van der Waals surface area contributed by atoms with Gasteiger partial charge in [0.1, 0.15) is 11.5 Å². The third kappa shape index (κ3) is 7.33. The number of rotatable bonds is 11. The molecule has 2 atom stereocenters. The number of likely N-dealkylation sites (tertiary alicyclic amines) is 2. The monoisotopic (exact) mass is 520 g/mol. The largest absolute Gasteiger partial charge is 0.508 e. The summed E-state index contributed by atoms with van der Waals surface area (Å²) in [6.45, 7) is 11.7. The Morgan fingerprint density at radius 2 is 1.08 bits per heavy atom. The van der Waals surface area contributed by atoms with Crippen molar-refractivity contribution in [2.24, 2.45) is 0 Å². The second kappa shape index (κ2) is 13.8. The van der Waals surface area contributed by atoms with Crippen LogP contribution in [-0.4, -0.2) is 59.3 Å². The van der Waals surface area contributed by atoms with Gasteiger partial charge in [0.05, 0.1) is 0 Å². The fourth-order valence-corrected chi connectivity index (χ4v) is 7.30. The zero-order valence-electron chi connectivity index (χ0n) is 24.1. The number of nitrogens with zero attached hydrogens (tertiary/aromatic N) is 2. The SMILES string of the molecule is CC[C@@]1(c2cccc(O)c2)CCCCN(CCCCCCN2CCCC[C@@](CC)(c3cccc(O)c3)C2)C1. The highest BCUT2D eigenvalue weighted by Gasteiger charge is 2.35. The van der Waals surface area contributed by atoms with Crippen molar-refractivity contribution >= 4 is 0 Å². The van der Waals surface area contributed by atoms with Gasteiger partial charge in [0.15, 0.2) is 0 Å². The van der Waals surface area contributed by atoms with E-state index in [0.717, 1.165) is 25.9 Å². The van der Waals surface area contributed by atoms with Crippen LogP contribution in [0.1, 0.15) is 102 Å². The molecule has 2 aliphatic rings. The first-order chi connectivity index (χ1) is 18.5. The molecule has 0 aliphatic carbocycles. The lowest BCUT2D eigenvalue weighted by atomic mass is 9.74. The quantitative estimate of drug-likeness (QED) is 0.299. The molecule has 38 heavy (non-hydrogen) atoms. The minimum Gasteiger partial charge on any atom is -0.508 e. The van der Waals surface area contributed by atoms with Crippen molar-refractivity contribution in [3.05, 3.63) is 59.7 Å². The number of phenolic OH excluding ortho intramolecular Hbond substituents is 2. The van der Waals surface area contributed by atoms with Gasteiger partial charge in [0.25, 0.3) is 0 Å². The van der Waals surface area contributed by atoms with Crippen molar-refractivity contribution in [1.82, 2.24) is 9.80 Å². The Hall–Kier alpha value is -2.04. The summed E-state index contributed by atoms with van der Waals surface area (Å²) in [5.41, 5.74) is 2.98. The fraction of sp³-hybridized carbons (Fsp3) is 0.647. The first kappa shape index (κ1) is 29.0. The van der Waals surface area contributed by atoms with Crippen molar-refractivity contribution in [1.29, 1.82) is 0 Å². The van der Waals surface area contributed by atoms with Crippen LogP contribution in [0.5, 0.6) is 11.5 Å². The predicted molar refractivity (Wildman–Crippen MR) is 159 cm³/mol. The van der Waals surface area contributed by atoms with Gasteiger partial charge in [-0.1, -0.05) is 63.8 Å². The molecule has 2 N–H and O–H groups in total. The van der Waals surface area contributed by atoms with Crippen LogP contribution in [0, 0.1) is 0 Å². The third-order valence-corrected chi connectivity index (χ3v) is 9.78. The molecule has 2 heterocycles. The second-order valence-corrected chi connectivity index (χ2v) is 12.2. The van der Waals surface area contributed by atoms with E-state index in [1.807, 2.05) is 24.3 Å². The van der Waals surface area contributed by atoms with E-state index in [0.29, 0.717) is 11.5 Å². The molecule has 0 bridgehead atoms. The van der Waals surface area contributed by atoms with E-state index in [-0.39, 0.29) is 10.8 Å². The number of hydrogen-bond donors (Lipinski definition) is 2. The molecule has 4 nitrogen and oxygen atoms in total. The lowest BCUT2D eigenvalue weighted by Gasteiger charge is -2.36. The summed E-state index contributed by atoms with van der Waals surface area (Å²) >= 11 is 0. The Morgan fingerprint density at radius 1 is 0.632 bits per heavy atom. The van der Waals surface area contributed by atoms with Gasteiger partial charge < -0.3 is 20.0 Å². The summed E-state index contributed by atoms with van der Waals surface area (Å²) < 4.78 is 0. The zero-order valence-corrected chi connectivity index (χ0v) is 24.1. The Balaban J connectivity index is 1.24. The average molecular weight is 521 g/mol. The van der Waals surface area contributed by atoms with Gasteiger partial charge in [0, 0.05) is 23.9 Å². The lowest BCUT2D eigenvalue weighted by molar-refractivity contribution is 0.207. The third-order valence-electron chi connectivity index (χ3n) is 9.78. The molecule has 4 rings (SSSR count). The van der Waals surface area contributed by atoms with Gasteiger partial charge in [0.2, 0.25) is 0 Å². The van der Waals surface area contributed by atoms with Crippen molar-refractivity contribution in [2.75, 3.05) is 39.3 Å². The molecule has 210 valence electrons. The molecule has 4 heteroatoms. The number of unbranched alkanes of at least 4 members (excludes halogenated alkanes) is 3. The Morgan fingerprint density at radius 3 is 1.47 bits per heavy atom. The summed E-state index contributed by atoms with van der Waals surface area (Å²) in [7, 11) is 0. The normalized spacial score (nSPS) is 25.6. The molecule has 2 aromatic rings. The number of hydrogen-bond acceptors (Lipinski definition) is 4. The second-order valence-electron chi connectivity index (χ2n) is 12.2. The lowest BCUT2D eigenvalue weighted by Crippen LogP contribution is -2.40. The van der Waals surface area contributed by atoms with Crippen LogP contribution >= 0.6 is 0 Å². The highest BCUT2D eigenvalue weighted by Crippen LogP contribution is 2.39. The summed E-state index contributed by atoms with van der Waals surface area (Å²) in [6.07, 6.45) is 15.0. The maximum absolute atomic E-state index is 10.1. The van der Waals surface area contributed by atoms with Crippen molar-refractivity contribution in [3.8, 4) is 11.5 Å². The molecule has 0 spiro atoms. The number of phenols is 2. The minimum atomic E-state index is 0.170. The average Bonchev–Trinajstić information content (AvgIpc) is 3.28. The van der Waals surface area contributed by atoms with Crippen LogP contribution in [0.2, 0.25) is 0 Å². The summed E-state index contributed by atoms with van der Waals surface area (Å²) in [6, 6.07) is 16.1. The zero-order chi connectivity index (χ0) is 26.8. The van der Waals surface area contributed by atoms with Crippen molar-refractivity contribution in [3.63, 3.8) is 0 Å². The highest BCUT2D eigenvalue weighted by atomic mass is 16.3. The van der Waals surface area contributed by atoms with Gasteiger partial charge >= 0.3 is 0 Å². The number of benzene rings is 2. The van der Waals surface area contributed by atoms with Gasteiger partial charge in [-0.25, -0.2) is 0 Å².